The van der Waals surface area contributed by atoms with Crippen LogP contribution in [-0.2, 0) is 6.42 Å². The standard InChI is InChI=1S/C29H26F2/c1-3-4-5-6-7-23-12-14-25(15-13-23)18-19-27-28(30)20-26(21-29(27)31)17-16-24-10-8-22(2)9-11-24/h8-15,20-21H,3-7H2,1-2H3. The highest BCUT2D eigenvalue weighted by Gasteiger charge is 2.08. The first-order valence-corrected chi connectivity index (χ1v) is 10.7. The fraction of sp³-hybridized carbons (Fsp3) is 0.241. The van der Waals surface area contributed by atoms with E-state index in [1.54, 1.807) is 0 Å². The third-order valence-electron chi connectivity index (χ3n) is 5.05. The van der Waals surface area contributed by atoms with Crippen molar-refractivity contribution in [3.05, 3.63) is 106 Å². The Morgan fingerprint density at radius 3 is 1.81 bits per heavy atom. The van der Waals surface area contributed by atoms with Crippen LogP contribution in [0.25, 0.3) is 0 Å². The first kappa shape index (κ1) is 22.3. The predicted octanol–water partition coefficient (Wildman–Crippen LogP) is 7.20. The molecule has 0 fully saturated rings. The van der Waals surface area contributed by atoms with Gasteiger partial charge < -0.3 is 0 Å². The minimum absolute atomic E-state index is 0.232. The van der Waals surface area contributed by atoms with E-state index in [2.05, 4.69) is 30.6 Å². The van der Waals surface area contributed by atoms with Crippen molar-refractivity contribution in [3.8, 4) is 23.7 Å². The molecule has 3 aromatic carbocycles. The number of hydrogen-bond acceptors (Lipinski definition) is 0. The minimum atomic E-state index is -0.701. The van der Waals surface area contributed by atoms with Gasteiger partial charge in [-0.3, -0.25) is 0 Å². The summed E-state index contributed by atoms with van der Waals surface area (Å²) in [6.07, 6.45) is 5.94. The Hall–Kier alpha value is -3.36. The van der Waals surface area contributed by atoms with Crippen molar-refractivity contribution in [1.29, 1.82) is 0 Å². The summed E-state index contributed by atoms with van der Waals surface area (Å²) in [5, 5.41) is 0. The van der Waals surface area contributed by atoms with Gasteiger partial charge in [0, 0.05) is 16.7 Å². The van der Waals surface area contributed by atoms with E-state index in [1.807, 2.05) is 55.5 Å². The van der Waals surface area contributed by atoms with Crippen LogP contribution in [0.3, 0.4) is 0 Å². The van der Waals surface area contributed by atoms with Crippen LogP contribution < -0.4 is 0 Å². The monoisotopic (exact) mass is 412 g/mol. The van der Waals surface area contributed by atoms with Crippen LogP contribution in [0.4, 0.5) is 8.78 Å². The summed E-state index contributed by atoms with van der Waals surface area (Å²) in [6.45, 7) is 4.19. The maximum Gasteiger partial charge on any atom is 0.143 e. The summed E-state index contributed by atoms with van der Waals surface area (Å²) in [6, 6.07) is 18.0. The number of benzene rings is 3. The third kappa shape index (κ3) is 6.84. The van der Waals surface area contributed by atoms with E-state index >= 15 is 0 Å². The smallest absolute Gasteiger partial charge is 0.143 e. The second-order valence-corrected chi connectivity index (χ2v) is 7.69. The Labute approximate surface area is 184 Å². The lowest BCUT2D eigenvalue weighted by Gasteiger charge is -2.01. The molecule has 0 aromatic heterocycles. The molecular formula is C29H26F2. The fourth-order valence-electron chi connectivity index (χ4n) is 3.19. The summed E-state index contributed by atoms with van der Waals surface area (Å²) >= 11 is 0. The Kier molecular flexibility index (Phi) is 8.03. The van der Waals surface area contributed by atoms with Gasteiger partial charge in [-0.1, -0.05) is 79.7 Å². The van der Waals surface area contributed by atoms with Crippen molar-refractivity contribution < 1.29 is 8.78 Å². The average molecular weight is 413 g/mol. The molecule has 31 heavy (non-hydrogen) atoms. The summed E-state index contributed by atoms with van der Waals surface area (Å²) in [4.78, 5) is 0. The van der Waals surface area contributed by atoms with Gasteiger partial charge in [-0.25, -0.2) is 8.78 Å². The van der Waals surface area contributed by atoms with Gasteiger partial charge >= 0.3 is 0 Å². The van der Waals surface area contributed by atoms with Gasteiger partial charge in [0.15, 0.2) is 0 Å². The molecule has 3 aromatic rings. The molecule has 156 valence electrons. The van der Waals surface area contributed by atoms with E-state index in [0.717, 1.165) is 23.1 Å². The van der Waals surface area contributed by atoms with Gasteiger partial charge in [-0.15, -0.1) is 0 Å². The summed E-state index contributed by atoms with van der Waals surface area (Å²) in [5.74, 6) is 9.84. The maximum absolute atomic E-state index is 14.4. The largest absolute Gasteiger partial charge is 0.205 e. The number of halogens is 2. The zero-order valence-corrected chi connectivity index (χ0v) is 18.1. The highest BCUT2D eigenvalue weighted by atomic mass is 19.1. The average Bonchev–Trinajstić information content (AvgIpc) is 2.77. The highest BCUT2D eigenvalue weighted by molar-refractivity contribution is 5.49. The Balaban J connectivity index is 1.70. The fourth-order valence-corrected chi connectivity index (χ4v) is 3.19. The topological polar surface area (TPSA) is 0 Å². The summed E-state index contributed by atoms with van der Waals surface area (Å²) < 4.78 is 28.9. The molecule has 0 aliphatic rings. The van der Waals surface area contributed by atoms with Gasteiger partial charge in [0.1, 0.15) is 11.6 Å². The molecule has 0 bridgehead atoms. The lowest BCUT2D eigenvalue weighted by molar-refractivity contribution is 0.577. The molecule has 3 rings (SSSR count). The molecule has 2 heteroatoms. The predicted molar refractivity (Wildman–Crippen MR) is 124 cm³/mol. The van der Waals surface area contributed by atoms with Gasteiger partial charge in [-0.2, -0.15) is 0 Å². The molecule has 0 aliphatic heterocycles. The van der Waals surface area contributed by atoms with Crippen LogP contribution in [0.15, 0.2) is 60.7 Å². The second kappa shape index (κ2) is 11.1. The van der Waals surface area contributed by atoms with E-state index in [0.29, 0.717) is 0 Å². The Morgan fingerprint density at radius 2 is 1.19 bits per heavy atom. The van der Waals surface area contributed by atoms with E-state index in [9.17, 15) is 8.78 Å². The first-order chi connectivity index (χ1) is 15.0. The molecule has 0 N–H and O–H groups in total. The SMILES string of the molecule is CCCCCCc1ccc(C#Cc2c(F)cc(C#Cc3ccc(C)cc3)cc2F)cc1. The normalized spacial score (nSPS) is 10.1. The molecule has 0 heterocycles. The second-order valence-electron chi connectivity index (χ2n) is 7.69. The van der Waals surface area contributed by atoms with Crippen molar-refractivity contribution >= 4 is 0 Å². The zero-order valence-electron chi connectivity index (χ0n) is 18.1. The molecule has 0 nitrogen and oxygen atoms in total. The van der Waals surface area contributed by atoms with Gasteiger partial charge in [0.25, 0.3) is 0 Å². The number of aryl methyl sites for hydroxylation is 2. The molecule has 0 saturated heterocycles. The molecular weight excluding hydrogens is 386 g/mol. The maximum atomic E-state index is 14.4. The van der Waals surface area contributed by atoms with Crippen LogP contribution in [-0.4, -0.2) is 0 Å². The number of rotatable bonds is 5. The number of unbranched alkanes of at least 4 members (excludes halogenated alkanes) is 3. The highest BCUT2D eigenvalue weighted by Crippen LogP contribution is 2.15. The summed E-state index contributed by atoms with van der Waals surface area (Å²) in [5.41, 5.74) is 3.98. The molecule has 0 aliphatic carbocycles. The molecule has 0 spiro atoms. The Bertz CT molecular complexity index is 1110. The van der Waals surface area contributed by atoms with E-state index < -0.39 is 11.6 Å². The van der Waals surface area contributed by atoms with Gasteiger partial charge in [0.2, 0.25) is 0 Å². The van der Waals surface area contributed by atoms with Crippen LogP contribution in [0.5, 0.6) is 0 Å². The van der Waals surface area contributed by atoms with Gasteiger partial charge in [0.05, 0.1) is 5.56 Å². The van der Waals surface area contributed by atoms with Crippen LogP contribution in [0.2, 0.25) is 0 Å². The van der Waals surface area contributed by atoms with Crippen molar-refractivity contribution in [2.75, 3.05) is 0 Å². The van der Waals surface area contributed by atoms with Crippen LogP contribution >= 0.6 is 0 Å². The van der Waals surface area contributed by atoms with Crippen LogP contribution in [0.1, 0.15) is 66.0 Å². The molecule has 0 unspecified atom stereocenters. The minimum Gasteiger partial charge on any atom is -0.205 e. The third-order valence-corrected chi connectivity index (χ3v) is 5.05. The first-order valence-electron chi connectivity index (χ1n) is 10.7. The van der Waals surface area contributed by atoms with Gasteiger partial charge in [-0.05, 0) is 61.7 Å². The van der Waals surface area contributed by atoms with Crippen molar-refractivity contribution in [2.24, 2.45) is 0 Å². The molecule has 0 amide bonds. The lowest BCUT2D eigenvalue weighted by Crippen LogP contribution is -1.93. The van der Waals surface area contributed by atoms with Crippen molar-refractivity contribution in [3.63, 3.8) is 0 Å². The summed E-state index contributed by atoms with van der Waals surface area (Å²) in [7, 11) is 0. The van der Waals surface area contributed by atoms with E-state index in [1.165, 1.54) is 43.4 Å². The zero-order chi connectivity index (χ0) is 22.1. The van der Waals surface area contributed by atoms with E-state index in [4.69, 9.17) is 0 Å². The van der Waals surface area contributed by atoms with Crippen molar-refractivity contribution in [2.45, 2.75) is 46.0 Å². The molecule has 0 atom stereocenters. The lowest BCUT2D eigenvalue weighted by atomic mass is 10.0. The van der Waals surface area contributed by atoms with Crippen molar-refractivity contribution in [1.82, 2.24) is 0 Å². The number of hydrogen-bond donors (Lipinski definition) is 0. The van der Waals surface area contributed by atoms with Crippen LogP contribution in [0, 0.1) is 42.2 Å². The Morgan fingerprint density at radius 1 is 0.645 bits per heavy atom. The molecule has 0 saturated carbocycles. The quantitative estimate of drug-likeness (QED) is 0.307. The van der Waals surface area contributed by atoms with E-state index in [-0.39, 0.29) is 11.1 Å². The molecule has 0 radical (unpaired) electrons.